The van der Waals surface area contributed by atoms with Crippen LogP contribution in [0.3, 0.4) is 0 Å². The van der Waals surface area contributed by atoms with Crippen molar-refractivity contribution in [3.63, 3.8) is 0 Å². The number of H-pyrrole nitrogens is 1. The first-order chi connectivity index (χ1) is 12.1. The molecule has 7 heteroatoms. The van der Waals surface area contributed by atoms with Gasteiger partial charge >= 0.3 is 0 Å². The molecule has 0 aliphatic carbocycles. The average molecular weight is 340 g/mol. The molecule has 1 amide bonds. The van der Waals surface area contributed by atoms with Crippen molar-refractivity contribution in [2.75, 3.05) is 13.2 Å². The van der Waals surface area contributed by atoms with Gasteiger partial charge in [0, 0.05) is 24.0 Å². The molecule has 3 aromatic rings. The summed E-state index contributed by atoms with van der Waals surface area (Å²) in [7, 11) is 0. The third kappa shape index (κ3) is 3.28. The summed E-state index contributed by atoms with van der Waals surface area (Å²) in [6, 6.07) is 7.36. The molecule has 0 spiro atoms. The second kappa shape index (κ2) is 6.33. The van der Waals surface area contributed by atoms with Crippen LogP contribution in [0.5, 0.6) is 0 Å². The number of ether oxygens (including phenoxy) is 1. The van der Waals surface area contributed by atoms with Crippen molar-refractivity contribution >= 4 is 16.9 Å². The number of fused-ring (bicyclic) bond motifs is 1. The predicted octanol–water partition coefficient (Wildman–Crippen LogP) is 2.16. The second-order valence-electron chi connectivity index (χ2n) is 6.57. The summed E-state index contributed by atoms with van der Waals surface area (Å²) in [5.41, 5.74) is 3.19. The Bertz CT molecular complexity index is 914. The quantitative estimate of drug-likeness (QED) is 0.759. The van der Waals surface area contributed by atoms with E-state index in [0.717, 1.165) is 28.3 Å². The highest BCUT2D eigenvalue weighted by Gasteiger charge is 2.31. The van der Waals surface area contributed by atoms with Gasteiger partial charge in [-0.15, -0.1) is 0 Å². The number of amides is 1. The highest BCUT2D eigenvalue weighted by Crippen LogP contribution is 2.21. The molecule has 3 heterocycles. The van der Waals surface area contributed by atoms with Gasteiger partial charge in [0.25, 0.3) is 5.91 Å². The molecule has 2 aromatic heterocycles. The van der Waals surface area contributed by atoms with Crippen LogP contribution >= 0.6 is 0 Å². The van der Waals surface area contributed by atoms with Gasteiger partial charge in [-0.2, -0.15) is 0 Å². The summed E-state index contributed by atoms with van der Waals surface area (Å²) in [6.45, 7) is 4.90. The monoisotopic (exact) mass is 340 g/mol. The molecule has 0 saturated carbocycles. The van der Waals surface area contributed by atoms with Crippen molar-refractivity contribution in [1.29, 1.82) is 0 Å². The molecule has 0 bridgehead atoms. The fraction of sp³-hybridized carbons (Fsp3) is 0.389. The van der Waals surface area contributed by atoms with Crippen LogP contribution in [0, 0.1) is 19.8 Å². The molecule has 4 rings (SSSR count). The van der Waals surface area contributed by atoms with E-state index in [1.165, 1.54) is 0 Å². The first-order valence-electron chi connectivity index (χ1n) is 8.35. The predicted molar refractivity (Wildman–Crippen MR) is 91.3 cm³/mol. The van der Waals surface area contributed by atoms with Crippen molar-refractivity contribution in [1.82, 2.24) is 20.4 Å². The number of hydrogen-bond donors (Lipinski definition) is 2. The van der Waals surface area contributed by atoms with E-state index >= 15 is 0 Å². The normalized spacial score (nSPS) is 20.2. The van der Waals surface area contributed by atoms with Gasteiger partial charge in [-0.25, -0.2) is 4.98 Å². The Hall–Kier alpha value is -2.67. The molecule has 0 radical (unpaired) electrons. The zero-order chi connectivity index (χ0) is 17.4. The van der Waals surface area contributed by atoms with Crippen LogP contribution in [0.4, 0.5) is 0 Å². The maximum atomic E-state index is 12.6. The van der Waals surface area contributed by atoms with Gasteiger partial charge in [-0.05, 0) is 32.0 Å². The van der Waals surface area contributed by atoms with Gasteiger partial charge in [0.2, 0.25) is 0 Å². The van der Waals surface area contributed by atoms with Gasteiger partial charge in [-0.3, -0.25) is 4.79 Å². The topological polar surface area (TPSA) is 93.0 Å². The molecule has 2 N–H and O–H groups in total. The Labute approximate surface area is 144 Å². The fourth-order valence-corrected chi connectivity index (χ4v) is 3.26. The minimum atomic E-state index is -0.108. The maximum absolute atomic E-state index is 12.6. The van der Waals surface area contributed by atoms with Crippen molar-refractivity contribution < 1.29 is 14.1 Å². The van der Waals surface area contributed by atoms with E-state index < -0.39 is 0 Å². The molecule has 25 heavy (non-hydrogen) atoms. The molecular formula is C18H20N4O3. The Balaban J connectivity index is 1.46. The van der Waals surface area contributed by atoms with Crippen LogP contribution in [0.1, 0.15) is 27.6 Å². The minimum Gasteiger partial charge on any atom is -0.379 e. The molecule has 1 aliphatic heterocycles. The number of carbonyl (C=O) groups excluding carboxylic acids is 1. The summed E-state index contributed by atoms with van der Waals surface area (Å²) in [5, 5.41) is 6.99. The summed E-state index contributed by atoms with van der Waals surface area (Å²) >= 11 is 0. The molecule has 1 saturated heterocycles. The van der Waals surface area contributed by atoms with E-state index in [1.807, 2.05) is 32.0 Å². The van der Waals surface area contributed by atoms with Crippen LogP contribution in [0.25, 0.3) is 11.0 Å². The highest BCUT2D eigenvalue weighted by molar-refractivity contribution is 5.97. The number of aromatic nitrogens is 3. The van der Waals surface area contributed by atoms with Crippen molar-refractivity contribution in [2.45, 2.75) is 26.3 Å². The standard InChI is InChI=1S/C18H20N4O3/c1-10-5-14(25-22-10)6-13-8-24-9-17(13)21-18(23)12-3-4-15-16(7-12)20-11(2)19-15/h3-5,7,13,17H,6,8-9H2,1-2H3,(H,19,20)(H,21,23)/t13-,17+/m1/s1. The number of hydrogen-bond acceptors (Lipinski definition) is 5. The first kappa shape index (κ1) is 15.8. The molecule has 130 valence electrons. The summed E-state index contributed by atoms with van der Waals surface area (Å²) in [6.07, 6.45) is 0.699. The second-order valence-corrected chi connectivity index (χ2v) is 6.57. The molecule has 2 atom stereocenters. The van der Waals surface area contributed by atoms with E-state index in [9.17, 15) is 4.79 Å². The summed E-state index contributed by atoms with van der Waals surface area (Å²) in [4.78, 5) is 20.1. The number of benzene rings is 1. The Morgan fingerprint density at radius 2 is 2.20 bits per heavy atom. The Morgan fingerprint density at radius 3 is 3.00 bits per heavy atom. The van der Waals surface area contributed by atoms with Crippen molar-refractivity contribution in [2.24, 2.45) is 5.92 Å². The van der Waals surface area contributed by atoms with E-state index in [4.69, 9.17) is 9.26 Å². The number of imidazole rings is 1. The SMILES string of the molecule is Cc1cc(C[C@@H]2COC[C@@H]2NC(=O)c2ccc3nc(C)[nH]c3c2)on1. The van der Waals surface area contributed by atoms with Crippen LogP contribution in [0.2, 0.25) is 0 Å². The van der Waals surface area contributed by atoms with Crippen LogP contribution in [-0.2, 0) is 11.2 Å². The Kier molecular flexibility index (Phi) is 4.01. The molecule has 1 aromatic carbocycles. The first-order valence-corrected chi connectivity index (χ1v) is 8.35. The molecule has 1 aliphatic rings. The van der Waals surface area contributed by atoms with E-state index in [0.29, 0.717) is 25.2 Å². The lowest BCUT2D eigenvalue weighted by Gasteiger charge is -2.18. The smallest absolute Gasteiger partial charge is 0.251 e. The van der Waals surface area contributed by atoms with E-state index in [1.54, 1.807) is 6.07 Å². The number of rotatable bonds is 4. The van der Waals surface area contributed by atoms with Gasteiger partial charge in [-0.1, -0.05) is 5.16 Å². The van der Waals surface area contributed by atoms with Crippen LogP contribution < -0.4 is 5.32 Å². The number of aromatic amines is 1. The van der Waals surface area contributed by atoms with Crippen molar-refractivity contribution in [3.05, 3.63) is 47.1 Å². The number of nitrogens with zero attached hydrogens (tertiary/aromatic N) is 2. The number of nitrogens with one attached hydrogen (secondary N) is 2. The van der Waals surface area contributed by atoms with E-state index in [-0.39, 0.29) is 17.9 Å². The van der Waals surface area contributed by atoms with Gasteiger partial charge < -0.3 is 19.6 Å². The third-order valence-electron chi connectivity index (χ3n) is 4.52. The third-order valence-corrected chi connectivity index (χ3v) is 4.52. The zero-order valence-electron chi connectivity index (χ0n) is 14.2. The average Bonchev–Trinajstić information content (AvgIpc) is 3.27. The van der Waals surface area contributed by atoms with Gasteiger partial charge in [0.05, 0.1) is 36.0 Å². The van der Waals surface area contributed by atoms with E-state index in [2.05, 4.69) is 20.4 Å². The fourth-order valence-electron chi connectivity index (χ4n) is 3.26. The Morgan fingerprint density at radius 1 is 1.32 bits per heavy atom. The molecular weight excluding hydrogens is 320 g/mol. The number of carbonyl (C=O) groups is 1. The lowest BCUT2D eigenvalue weighted by atomic mass is 9.98. The lowest BCUT2D eigenvalue weighted by molar-refractivity contribution is 0.0924. The van der Waals surface area contributed by atoms with Gasteiger partial charge in [0.15, 0.2) is 0 Å². The van der Waals surface area contributed by atoms with Crippen molar-refractivity contribution in [3.8, 4) is 0 Å². The minimum absolute atomic E-state index is 0.0443. The largest absolute Gasteiger partial charge is 0.379 e. The molecule has 7 nitrogen and oxygen atoms in total. The lowest BCUT2D eigenvalue weighted by Crippen LogP contribution is -2.40. The highest BCUT2D eigenvalue weighted by atomic mass is 16.5. The summed E-state index contributed by atoms with van der Waals surface area (Å²) in [5.74, 6) is 1.72. The molecule has 0 unspecified atom stereocenters. The maximum Gasteiger partial charge on any atom is 0.251 e. The van der Waals surface area contributed by atoms with Crippen LogP contribution in [0.15, 0.2) is 28.8 Å². The molecule has 1 fully saturated rings. The zero-order valence-corrected chi connectivity index (χ0v) is 14.2. The summed E-state index contributed by atoms with van der Waals surface area (Å²) < 4.78 is 10.9. The van der Waals surface area contributed by atoms with Crippen LogP contribution in [-0.4, -0.2) is 40.3 Å². The number of aryl methyl sites for hydroxylation is 2. The van der Waals surface area contributed by atoms with Gasteiger partial charge in [0.1, 0.15) is 11.6 Å².